The molecule has 4 atom stereocenters. The minimum atomic E-state index is -0.964. The second-order valence-electron chi connectivity index (χ2n) is 13.0. The van der Waals surface area contributed by atoms with Gasteiger partial charge in [-0.15, -0.1) is 0 Å². The molecule has 0 aromatic heterocycles. The molecular formula is C38H50N4O8. The number of carbonyl (C=O) groups excluding carboxylic acids is 2. The first-order valence-corrected chi connectivity index (χ1v) is 17.0. The summed E-state index contributed by atoms with van der Waals surface area (Å²) < 4.78 is 17.9. The molecule has 12 nitrogen and oxygen atoms in total. The summed E-state index contributed by atoms with van der Waals surface area (Å²) in [5, 5.41) is 25.1. The maximum absolute atomic E-state index is 14.4. The maximum atomic E-state index is 14.4. The van der Waals surface area contributed by atoms with Crippen molar-refractivity contribution >= 4 is 29.3 Å². The number of carboxylic acid groups (broad SMARTS) is 1. The second kappa shape index (κ2) is 18.4. The number of benzene rings is 3. The molecule has 1 aliphatic heterocycles. The van der Waals surface area contributed by atoms with Crippen molar-refractivity contribution in [1.82, 2.24) is 9.80 Å². The van der Waals surface area contributed by atoms with Crippen molar-refractivity contribution in [2.45, 2.75) is 64.8 Å². The van der Waals surface area contributed by atoms with Gasteiger partial charge < -0.3 is 40.0 Å². The Bertz CT molecular complexity index is 1570. The Balaban J connectivity index is 1.56. The van der Waals surface area contributed by atoms with Crippen LogP contribution in [-0.2, 0) is 11.3 Å². The van der Waals surface area contributed by atoms with Gasteiger partial charge in [-0.25, -0.2) is 9.59 Å². The summed E-state index contributed by atoms with van der Waals surface area (Å²) in [6, 6.07) is 17.8. The first-order valence-electron chi connectivity index (χ1n) is 17.0. The fraction of sp³-hybridized carbons (Fsp3) is 0.447. The highest BCUT2D eigenvalue weighted by Crippen LogP contribution is 2.29. The number of hydrogen-bond acceptors (Lipinski definition) is 8. The van der Waals surface area contributed by atoms with E-state index in [9.17, 15) is 24.6 Å². The number of urea groups is 1. The zero-order valence-corrected chi connectivity index (χ0v) is 29.6. The van der Waals surface area contributed by atoms with Crippen LogP contribution in [0.1, 0.15) is 66.3 Å². The van der Waals surface area contributed by atoms with Gasteiger partial charge in [-0.2, -0.15) is 0 Å². The van der Waals surface area contributed by atoms with Gasteiger partial charge in [0.05, 0.1) is 43.1 Å². The van der Waals surface area contributed by atoms with Crippen LogP contribution in [0.3, 0.4) is 0 Å². The number of aliphatic hydroxyl groups excluding tert-OH is 1. The molecule has 0 radical (unpaired) electrons. The van der Waals surface area contributed by atoms with E-state index in [0.717, 1.165) is 24.8 Å². The van der Waals surface area contributed by atoms with Gasteiger partial charge in [-0.1, -0.05) is 19.1 Å². The van der Waals surface area contributed by atoms with E-state index in [-0.39, 0.29) is 41.8 Å². The number of anilines is 2. The molecule has 1 heterocycles. The van der Waals surface area contributed by atoms with E-state index >= 15 is 0 Å². The van der Waals surface area contributed by atoms with Gasteiger partial charge in [0.2, 0.25) is 0 Å². The highest BCUT2D eigenvalue weighted by Gasteiger charge is 2.30. The van der Waals surface area contributed by atoms with Crippen molar-refractivity contribution in [3.8, 4) is 11.5 Å². The number of aromatic carboxylic acids is 1. The van der Waals surface area contributed by atoms with Gasteiger partial charge in [0.25, 0.3) is 5.91 Å². The summed E-state index contributed by atoms with van der Waals surface area (Å²) in [7, 11) is 3.56. The molecule has 0 fully saturated rings. The van der Waals surface area contributed by atoms with E-state index < -0.39 is 18.0 Å². The number of nitrogens with one attached hydrogen (secondary N) is 2. The first-order chi connectivity index (χ1) is 24.0. The predicted octanol–water partition coefficient (Wildman–Crippen LogP) is 5.96. The number of rotatable bonds is 10. The average molecular weight is 691 g/mol. The number of fused-ring (bicyclic) bond motifs is 1. The van der Waals surface area contributed by atoms with Crippen LogP contribution < -0.4 is 20.1 Å². The molecule has 0 saturated carbocycles. The Morgan fingerprint density at radius 2 is 1.70 bits per heavy atom. The molecule has 3 amide bonds. The van der Waals surface area contributed by atoms with E-state index in [0.29, 0.717) is 49.1 Å². The normalized spacial score (nSPS) is 19.5. The summed E-state index contributed by atoms with van der Waals surface area (Å²) in [6.07, 6.45) is 2.05. The molecular weight excluding hydrogens is 640 g/mol. The Hall–Kier alpha value is -4.65. The Morgan fingerprint density at radius 1 is 1.02 bits per heavy atom. The number of amides is 3. The lowest BCUT2D eigenvalue weighted by atomic mass is 10.0. The Morgan fingerprint density at radius 3 is 2.36 bits per heavy atom. The number of hydrogen-bond donors (Lipinski definition) is 4. The third-order valence-electron chi connectivity index (χ3n) is 8.80. The fourth-order valence-electron chi connectivity index (χ4n) is 5.87. The van der Waals surface area contributed by atoms with Crippen molar-refractivity contribution in [2.75, 3.05) is 51.1 Å². The first kappa shape index (κ1) is 38.2. The molecule has 0 spiro atoms. The summed E-state index contributed by atoms with van der Waals surface area (Å²) in [6.45, 7) is 7.57. The molecule has 0 saturated heterocycles. The molecule has 270 valence electrons. The molecule has 3 aromatic carbocycles. The van der Waals surface area contributed by atoms with Gasteiger partial charge in [0.15, 0.2) is 0 Å². The fourth-order valence-corrected chi connectivity index (χ4v) is 5.87. The van der Waals surface area contributed by atoms with Gasteiger partial charge in [0.1, 0.15) is 11.5 Å². The summed E-state index contributed by atoms with van der Waals surface area (Å²) >= 11 is 0. The smallest absolute Gasteiger partial charge is 0.335 e. The van der Waals surface area contributed by atoms with Crippen LogP contribution in [0.25, 0.3) is 0 Å². The van der Waals surface area contributed by atoms with Crippen LogP contribution in [0.5, 0.6) is 11.5 Å². The number of ether oxygens (including phenoxy) is 3. The van der Waals surface area contributed by atoms with Crippen molar-refractivity contribution in [2.24, 2.45) is 5.92 Å². The van der Waals surface area contributed by atoms with Crippen LogP contribution in [0.4, 0.5) is 16.2 Å². The largest absolute Gasteiger partial charge is 0.497 e. The molecule has 12 heteroatoms. The molecule has 1 aliphatic rings. The average Bonchev–Trinajstić information content (AvgIpc) is 3.10. The molecule has 50 heavy (non-hydrogen) atoms. The quantitative estimate of drug-likeness (QED) is 0.202. The van der Waals surface area contributed by atoms with Gasteiger partial charge >= 0.3 is 12.0 Å². The summed E-state index contributed by atoms with van der Waals surface area (Å²) in [5.74, 6) is -0.338. The maximum Gasteiger partial charge on any atom is 0.335 e. The van der Waals surface area contributed by atoms with E-state index in [1.54, 1.807) is 73.5 Å². The SMILES string of the molecule is COc1ccc(NC(=O)Nc2ccc3c(c2)C(=O)N([C@@H](C)CO)C[C@@H](C)[C@H](CN(C)Cc2ccc(C(=O)O)cc2)OCCCC[C@H](C)O3)cc1. The summed E-state index contributed by atoms with van der Waals surface area (Å²) in [5.41, 5.74) is 2.48. The molecule has 4 N–H and O–H groups in total. The van der Waals surface area contributed by atoms with Crippen molar-refractivity contribution in [3.63, 3.8) is 0 Å². The number of aliphatic hydroxyl groups is 1. The highest BCUT2D eigenvalue weighted by molar-refractivity contribution is 6.02. The predicted molar refractivity (Wildman–Crippen MR) is 192 cm³/mol. The van der Waals surface area contributed by atoms with Crippen molar-refractivity contribution < 1.29 is 38.8 Å². The lowest BCUT2D eigenvalue weighted by Crippen LogP contribution is -2.47. The van der Waals surface area contributed by atoms with Crippen molar-refractivity contribution in [1.29, 1.82) is 0 Å². The zero-order valence-electron chi connectivity index (χ0n) is 29.6. The van der Waals surface area contributed by atoms with Crippen LogP contribution in [-0.4, -0.2) is 96.6 Å². The van der Waals surface area contributed by atoms with E-state index in [1.165, 1.54) is 0 Å². The van der Waals surface area contributed by atoms with Crippen LogP contribution in [0.15, 0.2) is 66.7 Å². The molecule has 0 aliphatic carbocycles. The third-order valence-corrected chi connectivity index (χ3v) is 8.80. The summed E-state index contributed by atoms with van der Waals surface area (Å²) in [4.78, 5) is 42.3. The number of carbonyl (C=O) groups is 3. The number of nitrogens with zero attached hydrogens (tertiary/aromatic N) is 2. The third kappa shape index (κ3) is 10.9. The molecule has 0 bridgehead atoms. The van der Waals surface area contributed by atoms with Gasteiger partial charge in [-0.3, -0.25) is 9.69 Å². The topological polar surface area (TPSA) is 150 Å². The lowest BCUT2D eigenvalue weighted by molar-refractivity contribution is -0.0177. The van der Waals surface area contributed by atoms with E-state index in [2.05, 4.69) is 15.5 Å². The van der Waals surface area contributed by atoms with E-state index in [4.69, 9.17) is 14.2 Å². The minimum Gasteiger partial charge on any atom is -0.497 e. The molecule has 3 aromatic rings. The van der Waals surface area contributed by atoms with Gasteiger partial charge in [-0.05, 0) is 100 Å². The minimum absolute atomic E-state index is 0.118. The number of carboxylic acids is 1. The second-order valence-corrected chi connectivity index (χ2v) is 13.0. The number of methoxy groups -OCH3 is 1. The van der Waals surface area contributed by atoms with Crippen LogP contribution >= 0.6 is 0 Å². The van der Waals surface area contributed by atoms with Crippen LogP contribution in [0.2, 0.25) is 0 Å². The monoisotopic (exact) mass is 690 g/mol. The van der Waals surface area contributed by atoms with Crippen molar-refractivity contribution in [3.05, 3.63) is 83.4 Å². The molecule has 4 rings (SSSR count). The zero-order chi connectivity index (χ0) is 36.2. The van der Waals surface area contributed by atoms with E-state index in [1.807, 2.05) is 33.0 Å². The molecule has 0 unspecified atom stereocenters. The standard InChI is InChI=1S/C38H50N4O8/c1-25-21-42(26(2)24-43)36(44)33-20-31(40-38(47)39-30-13-16-32(48-5)17-14-30)15-18-34(33)50-27(3)8-6-7-19-49-35(25)23-41(4)22-28-9-11-29(12-10-28)37(45)46/h9-18,20,25-27,35,43H,6-8,19,21-24H2,1-5H3,(H,45,46)(H2,39,40,47)/t25-,26+,27+,35+/m1/s1. The van der Waals surface area contributed by atoms with Gasteiger partial charge in [0, 0.05) is 43.5 Å². The number of likely N-dealkylation sites (N-methyl/N-ethyl adjacent to an activating group) is 1. The van der Waals surface area contributed by atoms with Crippen LogP contribution in [0, 0.1) is 5.92 Å². The Labute approximate surface area is 294 Å². The lowest BCUT2D eigenvalue weighted by Gasteiger charge is -2.36. The highest BCUT2D eigenvalue weighted by atomic mass is 16.5. The Kier molecular flexibility index (Phi) is 14.0.